The molecule has 0 unspecified atom stereocenters. The Balaban J connectivity index is 0.00000288. The first-order valence-electron chi connectivity index (χ1n) is 6.93. The Kier molecular flexibility index (Phi) is 7.92. The second-order valence-corrected chi connectivity index (χ2v) is 7.13. The van der Waals surface area contributed by atoms with Crippen LogP contribution in [0.1, 0.15) is 21.5 Å². The third-order valence-electron chi connectivity index (χ3n) is 3.37. The van der Waals surface area contributed by atoms with Gasteiger partial charge in [-0.15, -0.1) is 0 Å². The van der Waals surface area contributed by atoms with E-state index in [4.69, 9.17) is 16.7 Å². The molecule has 0 saturated heterocycles. The van der Waals surface area contributed by atoms with Gasteiger partial charge in [0.2, 0.25) is 10.0 Å². The summed E-state index contributed by atoms with van der Waals surface area (Å²) in [6, 6.07) is 11.4. The molecule has 2 aromatic rings. The standard InChI is InChI=1S/C16H17ClN2O3S.Na.H/c1-11-10-13(4-7-15(11)17)16(20)19-9-8-12-2-5-14(6-3-12)23(18,21)22;;/h2-7,10H,8-9H2,1H3,(H,19,20)(H2,18,21,22);;. The fraction of sp³-hybridized carbons (Fsp3) is 0.188. The number of carbonyl (C=O) groups excluding carboxylic acids is 1. The van der Waals surface area contributed by atoms with Gasteiger partial charge in [0.05, 0.1) is 4.90 Å². The molecule has 0 aliphatic rings. The molecule has 2 rings (SSSR count). The number of primary sulfonamides is 1. The quantitative estimate of drug-likeness (QED) is 0.777. The van der Waals surface area contributed by atoms with Crippen LogP contribution < -0.4 is 10.5 Å². The van der Waals surface area contributed by atoms with Gasteiger partial charge < -0.3 is 5.32 Å². The van der Waals surface area contributed by atoms with Crippen LogP contribution in [0.3, 0.4) is 0 Å². The zero-order valence-electron chi connectivity index (χ0n) is 12.5. The summed E-state index contributed by atoms with van der Waals surface area (Å²) in [5, 5.41) is 8.48. The Morgan fingerprint density at radius 2 is 1.79 bits per heavy atom. The van der Waals surface area contributed by atoms with E-state index in [0.29, 0.717) is 23.6 Å². The summed E-state index contributed by atoms with van der Waals surface area (Å²) in [5.74, 6) is -0.175. The van der Waals surface area contributed by atoms with Crippen molar-refractivity contribution >= 4 is 57.1 Å². The van der Waals surface area contributed by atoms with Crippen LogP contribution in [0.25, 0.3) is 0 Å². The van der Waals surface area contributed by atoms with Crippen LogP contribution in [0.2, 0.25) is 5.02 Å². The van der Waals surface area contributed by atoms with Crippen molar-refractivity contribution in [1.29, 1.82) is 0 Å². The molecular formula is C16H18ClN2NaO3S. The molecule has 5 nitrogen and oxygen atoms in total. The van der Waals surface area contributed by atoms with E-state index in [2.05, 4.69) is 5.32 Å². The summed E-state index contributed by atoms with van der Waals surface area (Å²) in [6.45, 7) is 2.28. The fourth-order valence-electron chi connectivity index (χ4n) is 2.05. The maximum absolute atomic E-state index is 12.0. The minimum absolute atomic E-state index is 0. The molecule has 0 fully saturated rings. The van der Waals surface area contributed by atoms with Gasteiger partial charge in [-0.3, -0.25) is 4.79 Å². The van der Waals surface area contributed by atoms with Crippen LogP contribution in [-0.2, 0) is 16.4 Å². The van der Waals surface area contributed by atoms with Crippen molar-refractivity contribution in [2.75, 3.05) is 6.54 Å². The number of hydrogen-bond acceptors (Lipinski definition) is 3. The molecule has 0 heterocycles. The number of amides is 1. The Morgan fingerprint density at radius 3 is 2.33 bits per heavy atom. The summed E-state index contributed by atoms with van der Waals surface area (Å²) < 4.78 is 22.3. The van der Waals surface area contributed by atoms with E-state index < -0.39 is 10.0 Å². The molecule has 3 N–H and O–H groups in total. The first kappa shape index (κ1) is 21.2. The maximum atomic E-state index is 12.0. The molecule has 0 saturated carbocycles. The molecule has 0 aliphatic carbocycles. The predicted molar refractivity (Wildman–Crippen MR) is 97.2 cm³/mol. The van der Waals surface area contributed by atoms with Crippen LogP contribution in [0, 0.1) is 6.92 Å². The van der Waals surface area contributed by atoms with Gasteiger partial charge in [0.25, 0.3) is 5.91 Å². The first-order chi connectivity index (χ1) is 10.8. The summed E-state index contributed by atoms with van der Waals surface area (Å²) in [7, 11) is -3.68. The first-order valence-corrected chi connectivity index (χ1v) is 8.86. The van der Waals surface area contributed by atoms with E-state index in [-0.39, 0.29) is 40.4 Å². The molecule has 0 aromatic heterocycles. The van der Waals surface area contributed by atoms with E-state index in [1.807, 2.05) is 6.92 Å². The van der Waals surface area contributed by atoms with Crippen LogP contribution in [0.4, 0.5) is 0 Å². The number of benzene rings is 2. The van der Waals surface area contributed by atoms with Gasteiger partial charge in [-0.25, -0.2) is 13.6 Å². The topological polar surface area (TPSA) is 89.3 Å². The molecule has 2 aromatic carbocycles. The van der Waals surface area contributed by atoms with E-state index in [0.717, 1.165) is 11.1 Å². The normalized spacial score (nSPS) is 10.8. The minimum atomic E-state index is -3.68. The fourth-order valence-corrected chi connectivity index (χ4v) is 2.69. The Hall–Kier alpha value is -0.890. The van der Waals surface area contributed by atoms with Crippen LogP contribution >= 0.6 is 11.6 Å². The number of nitrogens with two attached hydrogens (primary N) is 1. The number of hydrogen-bond donors (Lipinski definition) is 2. The summed E-state index contributed by atoms with van der Waals surface area (Å²) in [6.07, 6.45) is 0.587. The van der Waals surface area contributed by atoms with E-state index in [1.54, 1.807) is 30.3 Å². The molecule has 8 heteroatoms. The number of aryl methyl sites for hydroxylation is 1. The van der Waals surface area contributed by atoms with E-state index >= 15 is 0 Å². The number of halogens is 1. The summed E-state index contributed by atoms with van der Waals surface area (Å²) in [5.41, 5.74) is 2.30. The molecular weight excluding hydrogens is 359 g/mol. The van der Waals surface area contributed by atoms with Crippen LogP contribution in [-0.4, -0.2) is 50.4 Å². The molecule has 124 valence electrons. The molecule has 0 aliphatic heterocycles. The second kappa shape index (κ2) is 8.99. The average molecular weight is 377 g/mol. The average Bonchev–Trinajstić information content (AvgIpc) is 2.49. The van der Waals surface area contributed by atoms with E-state index in [1.165, 1.54) is 12.1 Å². The van der Waals surface area contributed by atoms with Crippen molar-refractivity contribution in [3.8, 4) is 0 Å². The second-order valence-electron chi connectivity index (χ2n) is 5.16. The zero-order valence-corrected chi connectivity index (χ0v) is 14.1. The van der Waals surface area contributed by atoms with Gasteiger partial charge in [0.15, 0.2) is 0 Å². The summed E-state index contributed by atoms with van der Waals surface area (Å²) in [4.78, 5) is 12.1. The molecule has 0 spiro atoms. The molecule has 24 heavy (non-hydrogen) atoms. The zero-order chi connectivity index (χ0) is 17.0. The van der Waals surface area contributed by atoms with Crippen molar-refractivity contribution in [3.63, 3.8) is 0 Å². The van der Waals surface area contributed by atoms with Crippen molar-refractivity contribution in [3.05, 3.63) is 64.2 Å². The van der Waals surface area contributed by atoms with Crippen molar-refractivity contribution in [2.45, 2.75) is 18.2 Å². The SMILES string of the molecule is Cc1cc(C(=O)NCCc2ccc(S(N)(=O)=O)cc2)ccc1Cl.[NaH]. The van der Waals surface area contributed by atoms with E-state index in [9.17, 15) is 13.2 Å². The van der Waals surface area contributed by atoms with Gasteiger partial charge in [0, 0.05) is 17.1 Å². The third-order valence-corrected chi connectivity index (χ3v) is 4.72. The van der Waals surface area contributed by atoms with Gasteiger partial charge in [-0.2, -0.15) is 0 Å². The van der Waals surface area contributed by atoms with Crippen molar-refractivity contribution < 1.29 is 13.2 Å². The molecule has 0 bridgehead atoms. The van der Waals surface area contributed by atoms with Gasteiger partial charge in [0.1, 0.15) is 0 Å². The monoisotopic (exact) mass is 376 g/mol. The van der Waals surface area contributed by atoms with Crippen LogP contribution in [0.5, 0.6) is 0 Å². The van der Waals surface area contributed by atoms with Crippen LogP contribution in [0.15, 0.2) is 47.4 Å². The molecule has 0 atom stereocenters. The number of rotatable bonds is 5. The van der Waals surface area contributed by atoms with Gasteiger partial charge >= 0.3 is 29.6 Å². The Morgan fingerprint density at radius 1 is 1.17 bits per heavy atom. The number of carbonyl (C=O) groups is 1. The third kappa shape index (κ3) is 5.88. The molecule has 1 amide bonds. The van der Waals surface area contributed by atoms with Gasteiger partial charge in [-0.1, -0.05) is 23.7 Å². The van der Waals surface area contributed by atoms with Crippen molar-refractivity contribution in [2.24, 2.45) is 5.14 Å². The predicted octanol–water partition coefficient (Wildman–Crippen LogP) is 1.62. The van der Waals surface area contributed by atoms with Crippen molar-refractivity contribution in [1.82, 2.24) is 5.32 Å². The van der Waals surface area contributed by atoms with Gasteiger partial charge in [-0.05, 0) is 54.8 Å². The molecule has 0 radical (unpaired) electrons. The number of nitrogens with one attached hydrogen (secondary N) is 1. The Labute approximate surface area is 168 Å². The summed E-state index contributed by atoms with van der Waals surface area (Å²) >= 11 is 5.93. The number of sulfonamides is 1. The Bertz CT molecular complexity index is 824.